The van der Waals surface area contributed by atoms with Gasteiger partial charge in [-0.25, -0.2) is 4.98 Å². The van der Waals surface area contributed by atoms with Crippen molar-refractivity contribution in [3.63, 3.8) is 0 Å². The van der Waals surface area contributed by atoms with Crippen LogP contribution in [0.3, 0.4) is 0 Å². The molecule has 1 aromatic carbocycles. The van der Waals surface area contributed by atoms with Gasteiger partial charge in [-0.05, 0) is 12.1 Å². The van der Waals surface area contributed by atoms with Crippen molar-refractivity contribution in [3.05, 3.63) is 34.3 Å². The van der Waals surface area contributed by atoms with Gasteiger partial charge in [-0.15, -0.1) is 11.3 Å². The molecule has 0 radical (unpaired) electrons. The van der Waals surface area contributed by atoms with Gasteiger partial charge in [0.25, 0.3) is 0 Å². The average molecular weight is 298 g/mol. The van der Waals surface area contributed by atoms with E-state index < -0.39 is 0 Å². The van der Waals surface area contributed by atoms with Crippen molar-refractivity contribution in [1.82, 2.24) is 4.98 Å². The number of hydrogen-bond acceptors (Lipinski definition) is 5. The van der Waals surface area contributed by atoms with Gasteiger partial charge in [0.15, 0.2) is 5.13 Å². The van der Waals surface area contributed by atoms with Crippen LogP contribution in [0.25, 0.3) is 0 Å². The number of nitrogens with zero attached hydrogens (tertiary/aromatic N) is 1. The van der Waals surface area contributed by atoms with Gasteiger partial charge in [-0.3, -0.25) is 4.79 Å². The number of carbonyl (C=O) groups excluding carboxylic acids is 1. The van der Waals surface area contributed by atoms with E-state index in [-0.39, 0.29) is 12.3 Å². The number of carbonyl (C=O) groups is 1. The summed E-state index contributed by atoms with van der Waals surface area (Å²) in [5.41, 5.74) is 6.65. The van der Waals surface area contributed by atoms with Crippen LogP contribution in [0, 0.1) is 0 Å². The maximum Gasteiger partial charge on any atom is 0.230 e. The van der Waals surface area contributed by atoms with Crippen LogP contribution < -0.4 is 15.8 Å². The monoisotopic (exact) mass is 297 g/mol. The fourth-order valence-electron chi connectivity index (χ4n) is 1.49. The maximum absolute atomic E-state index is 11.9. The standard InChI is InChI=1S/C12H12ClN3O2S/c1-18-8-2-3-9(13)10(5-8)16-11(17)4-7-6-19-12(14)15-7/h2-3,5-6H,4H2,1H3,(H2,14,15)(H,16,17). The van der Waals surface area contributed by atoms with Crippen molar-refractivity contribution in [2.45, 2.75) is 6.42 Å². The summed E-state index contributed by atoms with van der Waals surface area (Å²) in [6.07, 6.45) is 0.154. The highest BCUT2D eigenvalue weighted by atomic mass is 35.5. The molecule has 0 saturated heterocycles. The number of nitrogens with two attached hydrogens (primary N) is 1. The molecule has 0 atom stereocenters. The molecule has 0 bridgehead atoms. The summed E-state index contributed by atoms with van der Waals surface area (Å²) >= 11 is 7.30. The van der Waals surface area contributed by atoms with Crippen LogP contribution in [-0.2, 0) is 11.2 Å². The Kier molecular flexibility index (Phi) is 4.24. The second-order valence-corrected chi connectivity index (χ2v) is 5.04. The van der Waals surface area contributed by atoms with Gasteiger partial charge in [0.1, 0.15) is 5.75 Å². The third-order valence-corrected chi connectivity index (χ3v) is 3.41. The van der Waals surface area contributed by atoms with E-state index in [1.807, 2.05) is 0 Å². The van der Waals surface area contributed by atoms with Gasteiger partial charge in [0.05, 0.1) is 29.9 Å². The Bertz CT molecular complexity index is 600. The lowest BCUT2D eigenvalue weighted by molar-refractivity contribution is -0.115. The van der Waals surface area contributed by atoms with E-state index in [9.17, 15) is 4.79 Å². The molecule has 7 heteroatoms. The lowest BCUT2D eigenvalue weighted by atomic mass is 10.2. The first kappa shape index (κ1) is 13.6. The van der Waals surface area contributed by atoms with Crippen molar-refractivity contribution in [3.8, 4) is 5.75 Å². The molecule has 0 saturated carbocycles. The molecule has 2 rings (SSSR count). The Morgan fingerprint density at radius 1 is 1.58 bits per heavy atom. The second kappa shape index (κ2) is 5.90. The Hall–Kier alpha value is -1.79. The van der Waals surface area contributed by atoms with E-state index in [0.29, 0.717) is 27.3 Å². The SMILES string of the molecule is COc1ccc(Cl)c(NC(=O)Cc2csc(N)n2)c1. The summed E-state index contributed by atoms with van der Waals surface area (Å²) < 4.78 is 5.08. The molecule has 3 N–H and O–H groups in total. The van der Waals surface area contributed by atoms with Crippen LogP contribution in [0.15, 0.2) is 23.6 Å². The second-order valence-electron chi connectivity index (χ2n) is 3.75. The summed E-state index contributed by atoms with van der Waals surface area (Å²) in [6.45, 7) is 0. The molecule has 5 nitrogen and oxygen atoms in total. The average Bonchev–Trinajstić information content (AvgIpc) is 2.77. The van der Waals surface area contributed by atoms with Crippen molar-refractivity contribution < 1.29 is 9.53 Å². The summed E-state index contributed by atoms with van der Waals surface area (Å²) in [7, 11) is 1.55. The zero-order valence-electron chi connectivity index (χ0n) is 10.1. The number of amides is 1. The predicted molar refractivity (Wildman–Crippen MR) is 76.9 cm³/mol. The van der Waals surface area contributed by atoms with Crippen LogP contribution in [-0.4, -0.2) is 18.0 Å². The molecular weight excluding hydrogens is 286 g/mol. The minimum absolute atomic E-state index is 0.154. The highest BCUT2D eigenvalue weighted by Gasteiger charge is 2.10. The molecule has 0 aliphatic carbocycles. The summed E-state index contributed by atoms with van der Waals surface area (Å²) in [4.78, 5) is 15.9. The quantitative estimate of drug-likeness (QED) is 0.909. The number of thiazole rings is 1. The van der Waals surface area contributed by atoms with Gasteiger partial charge < -0.3 is 15.8 Å². The molecule has 2 aromatic rings. The van der Waals surface area contributed by atoms with Crippen LogP contribution in [0.2, 0.25) is 5.02 Å². The van der Waals surface area contributed by atoms with Crippen LogP contribution in [0.1, 0.15) is 5.69 Å². The third-order valence-electron chi connectivity index (χ3n) is 2.36. The Morgan fingerprint density at radius 2 is 2.37 bits per heavy atom. The molecule has 1 heterocycles. The number of nitrogen functional groups attached to an aromatic ring is 1. The maximum atomic E-state index is 11.9. The molecule has 19 heavy (non-hydrogen) atoms. The van der Waals surface area contributed by atoms with Crippen LogP contribution in [0.5, 0.6) is 5.75 Å². The van der Waals surface area contributed by atoms with E-state index in [1.54, 1.807) is 30.7 Å². The minimum Gasteiger partial charge on any atom is -0.497 e. The van der Waals surface area contributed by atoms with E-state index in [1.165, 1.54) is 11.3 Å². The fraction of sp³-hybridized carbons (Fsp3) is 0.167. The van der Waals surface area contributed by atoms with E-state index >= 15 is 0 Å². The molecule has 0 unspecified atom stereocenters. The predicted octanol–water partition coefficient (Wildman–Crippen LogP) is 2.57. The fourth-order valence-corrected chi connectivity index (χ4v) is 2.22. The molecule has 0 spiro atoms. The van der Waals surface area contributed by atoms with E-state index in [4.69, 9.17) is 22.1 Å². The highest BCUT2D eigenvalue weighted by Crippen LogP contribution is 2.26. The number of nitrogens with one attached hydrogen (secondary N) is 1. The van der Waals surface area contributed by atoms with Gasteiger partial charge in [0, 0.05) is 11.4 Å². The number of rotatable bonds is 4. The van der Waals surface area contributed by atoms with Gasteiger partial charge in [-0.2, -0.15) is 0 Å². The summed E-state index contributed by atoms with van der Waals surface area (Å²) in [6, 6.07) is 5.05. The molecule has 0 aliphatic heterocycles. The van der Waals surface area contributed by atoms with Crippen LogP contribution in [0.4, 0.5) is 10.8 Å². The Balaban J connectivity index is 2.06. The lowest BCUT2D eigenvalue weighted by Gasteiger charge is -2.08. The summed E-state index contributed by atoms with van der Waals surface area (Å²) in [5.74, 6) is 0.415. The largest absolute Gasteiger partial charge is 0.497 e. The van der Waals surface area contributed by atoms with Crippen molar-refractivity contribution in [2.75, 3.05) is 18.2 Å². The summed E-state index contributed by atoms with van der Waals surface area (Å²) in [5, 5.41) is 5.37. The highest BCUT2D eigenvalue weighted by molar-refractivity contribution is 7.13. The molecule has 1 aromatic heterocycles. The molecule has 100 valence electrons. The zero-order valence-corrected chi connectivity index (χ0v) is 11.7. The van der Waals surface area contributed by atoms with Crippen molar-refractivity contribution >= 4 is 39.7 Å². The normalized spacial score (nSPS) is 10.2. The first-order chi connectivity index (χ1) is 9.08. The molecule has 0 fully saturated rings. The van der Waals surface area contributed by atoms with Crippen molar-refractivity contribution in [1.29, 1.82) is 0 Å². The van der Waals surface area contributed by atoms with E-state index in [2.05, 4.69) is 10.3 Å². The van der Waals surface area contributed by atoms with Gasteiger partial charge in [0.2, 0.25) is 5.91 Å². The molecule has 0 aliphatic rings. The Labute approximate surface area is 119 Å². The smallest absolute Gasteiger partial charge is 0.230 e. The van der Waals surface area contributed by atoms with Gasteiger partial charge in [-0.1, -0.05) is 11.6 Å². The number of halogens is 1. The molecular formula is C12H12ClN3O2S. The van der Waals surface area contributed by atoms with E-state index in [0.717, 1.165) is 0 Å². The number of aromatic nitrogens is 1. The first-order valence-corrected chi connectivity index (χ1v) is 6.67. The number of ether oxygens (including phenoxy) is 1. The third kappa shape index (κ3) is 3.59. The van der Waals surface area contributed by atoms with Gasteiger partial charge >= 0.3 is 0 Å². The zero-order chi connectivity index (χ0) is 13.8. The number of anilines is 2. The lowest BCUT2D eigenvalue weighted by Crippen LogP contribution is -2.15. The number of methoxy groups -OCH3 is 1. The van der Waals surface area contributed by atoms with Crippen LogP contribution >= 0.6 is 22.9 Å². The number of hydrogen-bond donors (Lipinski definition) is 2. The minimum atomic E-state index is -0.208. The molecule has 1 amide bonds. The Morgan fingerprint density at radius 3 is 3.00 bits per heavy atom. The topological polar surface area (TPSA) is 77.2 Å². The first-order valence-electron chi connectivity index (χ1n) is 5.42. The van der Waals surface area contributed by atoms with Crippen molar-refractivity contribution in [2.24, 2.45) is 0 Å². The number of benzene rings is 1.